The highest BCUT2D eigenvalue weighted by molar-refractivity contribution is 7.53. The molecule has 1 saturated heterocycles. The van der Waals surface area contributed by atoms with Crippen LogP contribution in [0.5, 0.6) is 17.2 Å². The zero-order valence-corrected chi connectivity index (χ0v) is 30.3. The number of ether oxygens (including phenoxy) is 4. The fraction of sp³-hybridized carbons (Fsp3) is 0.515. The van der Waals surface area contributed by atoms with Crippen molar-refractivity contribution in [2.45, 2.75) is 72.4 Å². The smallest absolute Gasteiger partial charge is 0.336 e. The molecule has 266 valence electrons. The molecule has 1 aliphatic rings. The fourth-order valence-corrected chi connectivity index (χ4v) is 6.74. The first-order valence-corrected chi connectivity index (χ1v) is 18.3. The van der Waals surface area contributed by atoms with Crippen molar-refractivity contribution in [1.29, 1.82) is 0 Å². The zero-order valence-electron chi connectivity index (χ0n) is 28.6. The number of carbonyl (C=O) groups excluding carboxylic acids is 2. The fourth-order valence-electron chi connectivity index (χ4n) is 4.00. The third-order valence-corrected chi connectivity index (χ3v) is 9.09. The van der Waals surface area contributed by atoms with E-state index in [1.54, 1.807) is 54.4 Å². The topological polar surface area (TPSA) is 157 Å². The molecule has 1 atom stereocenters. The summed E-state index contributed by atoms with van der Waals surface area (Å²) in [6.45, 7) is 9.05. The average molecular weight is 710 g/mol. The van der Waals surface area contributed by atoms with Crippen LogP contribution in [0.15, 0.2) is 46.9 Å². The Labute approximate surface area is 286 Å². The van der Waals surface area contributed by atoms with Crippen molar-refractivity contribution >= 4 is 31.1 Å². The first-order valence-electron chi connectivity index (χ1n) is 15.7. The number of aldehydes is 1. The van der Waals surface area contributed by atoms with E-state index in [0.29, 0.717) is 66.8 Å². The largest absolute Gasteiger partial charge is 0.488 e. The molecule has 1 N–H and O–H groups in total. The third-order valence-electron chi connectivity index (χ3n) is 6.32. The van der Waals surface area contributed by atoms with Gasteiger partial charge in [-0.2, -0.15) is 4.99 Å². The summed E-state index contributed by atoms with van der Waals surface area (Å²) in [7, 11) is -0.141. The molecule has 0 saturated carbocycles. The summed E-state index contributed by atoms with van der Waals surface area (Å²) in [5, 5.41) is 9.35. The summed E-state index contributed by atoms with van der Waals surface area (Å²) in [5.74, 6) is 0.855. The number of hydrogen-bond acceptors (Lipinski definition) is 12. The maximum absolute atomic E-state index is 13.4. The van der Waals surface area contributed by atoms with Gasteiger partial charge >= 0.3 is 7.60 Å². The second-order valence-electron chi connectivity index (χ2n) is 10.4. The molecular weight excluding hydrogens is 661 g/mol. The number of methoxy groups -OCH3 is 2. The van der Waals surface area contributed by atoms with Gasteiger partial charge in [-0.1, -0.05) is 13.8 Å². The molecule has 48 heavy (non-hydrogen) atoms. The van der Waals surface area contributed by atoms with Crippen LogP contribution in [0, 0.1) is 6.92 Å². The first kappa shape index (κ1) is 40.9. The van der Waals surface area contributed by atoms with E-state index < -0.39 is 13.5 Å². The number of aliphatic hydroxyl groups excluding tert-OH is 1. The molecular formula is C33H48N3O10PS. The lowest BCUT2D eigenvalue weighted by Crippen LogP contribution is -2.22. The van der Waals surface area contributed by atoms with Crippen molar-refractivity contribution in [3.8, 4) is 17.2 Å². The Morgan fingerprint density at radius 1 is 1.12 bits per heavy atom. The summed E-state index contributed by atoms with van der Waals surface area (Å²) < 4.78 is 48.3. The van der Waals surface area contributed by atoms with Crippen LogP contribution >= 0.6 is 18.9 Å². The molecule has 0 spiro atoms. The predicted octanol–water partition coefficient (Wildman–Crippen LogP) is 6.31. The summed E-state index contributed by atoms with van der Waals surface area (Å²) in [5.41, 5.74) is 1.77. The number of rotatable bonds is 14. The van der Waals surface area contributed by atoms with Crippen LogP contribution in [0.3, 0.4) is 0 Å². The summed E-state index contributed by atoms with van der Waals surface area (Å²) in [6, 6.07) is 8.58. The molecule has 3 heterocycles. The van der Waals surface area contributed by atoms with E-state index >= 15 is 0 Å². The van der Waals surface area contributed by atoms with E-state index in [1.165, 1.54) is 18.4 Å². The second-order valence-corrected chi connectivity index (χ2v) is 13.3. The van der Waals surface area contributed by atoms with Crippen LogP contribution in [-0.2, 0) is 40.8 Å². The molecule has 2 aromatic heterocycles. The maximum atomic E-state index is 13.4. The molecule has 0 bridgehead atoms. The van der Waals surface area contributed by atoms with Crippen molar-refractivity contribution in [2.75, 3.05) is 40.6 Å². The van der Waals surface area contributed by atoms with Crippen molar-refractivity contribution < 1.29 is 47.3 Å². The summed E-state index contributed by atoms with van der Waals surface area (Å²) in [6.07, 6.45) is 5.47. The Kier molecular flexibility index (Phi) is 19.1. The highest BCUT2D eigenvalue weighted by Crippen LogP contribution is 2.53. The number of nitrogens with zero attached hydrogens (tertiary/aromatic N) is 3. The molecule has 1 aromatic carbocycles. The average Bonchev–Trinajstić information content (AvgIpc) is 3.42. The van der Waals surface area contributed by atoms with Crippen molar-refractivity contribution in [3.63, 3.8) is 0 Å². The predicted molar refractivity (Wildman–Crippen MR) is 183 cm³/mol. The molecule has 15 heteroatoms. The van der Waals surface area contributed by atoms with Gasteiger partial charge in [0.2, 0.25) is 0 Å². The van der Waals surface area contributed by atoms with Crippen LogP contribution in [0.2, 0.25) is 0 Å². The number of aromatic nitrogens is 2. The van der Waals surface area contributed by atoms with E-state index in [1.807, 2.05) is 26.8 Å². The summed E-state index contributed by atoms with van der Waals surface area (Å²) in [4.78, 5) is 31.9. The Hall–Kier alpha value is -3.23. The SMILES string of the molecule is CCC(COC)Oc1cc(Oc2ccc(C)nc2)cc(C(=O)N=c2scc(CP3(=O)OCCCO3)n2COC)c1.CCCC=O.CCO. The van der Waals surface area contributed by atoms with E-state index in [4.69, 9.17) is 33.1 Å². The number of benzene rings is 1. The highest BCUT2D eigenvalue weighted by atomic mass is 32.1. The standard InChI is InChI=1S/C27H34N3O8PS.C4H8O.C2H6O/c1-5-22(15-33-3)37-24-11-20(12-25(13-24)38-23-8-7-19(2)28-14-23)26(31)29-27-30(18-34-4)21(17-40-27)16-39(32)35-9-6-10-36-39;1-2-3-4-5;1-2-3/h7-8,11-14,17,22H,5-6,9-10,15-16,18H2,1-4H3;4H,2-3H2,1H3;3H,2H2,1H3. The van der Waals surface area contributed by atoms with Crippen LogP contribution in [0.25, 0.3) is 0 Å². The summed E-state index contributed by atoms with van der Waals surface area (Å²) >= 11 is 1.24. The van der Waals surface area contributed by atoms with Crippen molar-refractivity contribution in [1.82, 2.24) is 9.55 Å². The number of hydrogen-bond donors (Lipinski definition) is 1. The number of aliphatic hydroxyl groups is 1. The Morgan fingerprint density at radius 2 is 1.83 bits per heavy atom. The normalized spacial score (nSPS) is 14.5. The van der Waals surface area contributed by atoms with Crippen LogP contribution < -0.4 is 14.3 Å². The molecule has 13 nitrogen and oxygen atoms in total. The zero-order chi connectivity index (χ0) is 35.4. The number of amides is 1. The number of aryl methyl sites for hydroxylation is 1. The van der Waals surface area contributed by atoms with Gasteiger partial charge < -0.3 is 37.9 Å². The van der Waals surface area contributed by atoms with Crippen molar-refractivity contribution in [3.05, 3.63) is 63.7 Å². The van der Waals surface area contributed by atoms with Gasteiger partial charge in [0.05, 0.1) is 32.2 Å². The van der Waals surface area contributed by atoms with E-state index in [2.05, 4.69) is 9.98 Å². The minimum Gasteiger partial charge on any atom is -0.488 e. The highest BCUT2D eigenvalue weighted by Gasteiger charge is 2.30. The van der Waals surface area contributed by atoms with Gasteiger partial charge in [-0.05, 0) is 57.4 Å². The van der Waals surface area contributed by atoms with E-state index in [9.17, 15) is 14.2 Å². The molecule has 0 radical (unpaired) electrons. The van der Waals surface area contributed by atoms with Gasteiger partial charge in [0.15, 0.2) is 4.80 Å². The first-order chi connectivity index (χ1) is 23.1. The van der Waals surface area contributed by atoms with Gasteiger partial charge in [-0.15, -0.1) is 11.3 Å². The lowest BCUT2D eigenvalue weighted by Gasteiger charge is -2.23. The minimum absolute atomic E-state index is 0.0559. The Bertz CT molecular complexity index is 1500. The van der Waals surface area contributed by atoms with Gasteiger partial charge in [0.1, 0.15) is 36.4 Å². The van der Waals surface area contributed by atoms with Crippen LogP contribution in [-0.4, -0.2) is 73.6 Å². The lowest BCUT2D eigenvalue weighted by molar-refractivity contribution is -0.107. The minimum atomic E-state index is -3.28. The molecule has 1 unspecified atom stereocenters. The van der Waals surface area contributed by atoms with Crippen LogP contribution in [0.4, 0.5) is 0 Å². The molecule has 1 amide bonds. The number of carbonyl (C=O) groups is 2. The molecule has 1 fully saturated rings. The van der Waals surface area contributed by atoms with Gasteiger partial charge in [0.25, 0.3) is 5.91 Å². The van der Waals surface area contributed by atoms with E-state index in [0.717, 1.165) is 18.4 Å². The quantitative estimate of drug-likeness (QED) is 0.148. The Morgan fingerprint density at radius 3 is 2.40 bits per heavy atom. The van der Waals surface area contributed by atoms with Crippen molar-refractivity contribution in [2.24, 2.45) is 4.99 Å². The lowest BCUT2D eigenvalue weighted by atomic mass is 10.2. The molecule has 0 aliphatic carbocycles. The maximum Gasteiger partial charge on any atom is 0.336 e. The van der Waals surface area contributed by atoms with E-state index in [-0.39, 0.29) is 31.2 Å². The van der Waals surface area contributed by atoms with Gasteiger partial charge in [-0.3, -0.25) is 18.9 Å². The van der Waals surface area contributed by atoms with Gasteiger partial charge in [-0.25, -0.2) is 0 Å². The Balaban J connectivity index is 0.000000900. The second kappa shape index (κ2) is 22.4. The third kappa shape index (κ3) is 14.1. The van der Waals surface area contributed by atoms with Gasteiger partial charge in [0, 0.05) is 55.6 Å². The molecule has 3 aromatic rings. The number of unbranched alkanes of at least 4 members (excludes halogenated alkanes) is 1. The van der Waals surface area contributed by atoms with Crippen LogP contribution in [0.1, 0.15) is 68.2 Å². The molecule has 4 rings (SSSR count). The molecule has 1 aliphatic heterocycles. The number of pyridine rings is 1. The number of thiazole rings is 1. The monoisotopic (exact) mass is 709 g/mol.